The fourth-order valence-corrected chi connectivity index (χ4v) is 2.33. The molecule has 23 heavy (non-hydrogen) atoms. The highest BCUT2D eigenvalue weighted by Gasteiger charge is 2.17. The Morgan fingerprint density at radius 2 is 2.04 bits per heavy atom. The second-order valence-electron chi connectivity index (χ2n) is 5.22. The van der Waals surface area contributed by atoms with Crippen molar-refractivity contribution in [1.82, 2.24) is 5.16 Å². The predicted octanol–water partition coefficient (Wildman–Crippen LogP) is 3.33. The van der Waals surface area contributed by atoms with E-state index in [1.165, 1.54) is 11.8 Å². The average Bonchev–Trinajstić information content (AvgIpc) is 2.88. The fourth-order valence-electron chi connectivity index (χ4n) is 2.11. The smallest absolute Gasteiger partial charge is 0.226 e. The van der Waals surface area contributed by atoms with Crippen LogP contribution in [0.3, 0.4) is 0 Å². The number of rotatable bonds is 5. The molecular formula is C16H18ClN3O3. The lowest BCUT2D eigenvalue weighted by Gasteiger charge is -2.17. The van der Waals surface area contributed by atoms with Gasteiger partial charge in [-0.1, -0.05) is 16.8 Å². The van der Waals surface area contributed by atoms with Crippen LogP contribution in [0.15, 0.2) is 28.8 Å². The van der Waals surface area contributed by atoms with Crippen molar-refractivity contribution < 1.29 is 14.1 Å². The molecule has 1 heterocycles. The van der Waals surface area contributed by atoms with Crippen molar-refractivity contribution in [1.29, 1.82) is 0 Å². The van der Waals surface area contributed by atoms with Crippen LogP contribution >= 0.6 is 11.6 Å². The average molecular weight is 336 g/mol. The minimum absolute atomic E-state index is 0.146. The summed E-state index contributed by atoms with van der Waals surface area (Å²) in [5.74, 6) is 0.619. The first kappa shape index (κ1) is 17.0. The second kappa shape index (κ2) is 7.28. The van der Waals surface area contributed by atoms with Crippen LogP contribution in [0.2, 0.25) is 5.02 Å². The number of benzene rings is 1. The van der Waals surface area contributed by atoms with E-state index in [9.17, 15) is 9.59 Å². The Bertz CT molecular complexity index is 727. The van der Waals surface area contributed by atoms with Gasteiger partial charge in [0.25, 0.3) is 0 Å². The zero-order chi connectivity index (χ0) is 17.0. The minimum atomic E-state index is -0.200. The molecule has 0 aliphatic carbocycles. The molecule has 1 aromatic carbocycles. The molecule has 6 nitrogen and oxygen atoms in total. The predicted molar refractivity (Wildman–Crippen MR) is 88.7 cm³/mol. The summed E-state index contributed by atoms with van der Waals surface area (Å²) in [7, 11) is 0. The third-order valence-corrected chi connectivity index (χ3v) is 3.53. The number of aryl methyl sites for hydroxylation is 2. The van der Waals surface area contributed by atoms with Gasteiger partial charge in [0.15, 0.2) is 5.82 Å². The first-order valence-electron chi connectivity index (χ1n) is 7.14. The third-order valence-electron chi connectivity index (χ3n) is 3.30. The van der Waals surface area contributed by atoms with Gasteiger partial charge in [0.05, 0.1) is 0 Å². The summed E-state index contributed by atoms with van der Waals surface area (Å²) in [6.45, 7) is 5.25. The lowest BCUT2D eigenvalue weighted by Crippen LogP contribution is -2.32. The molecule has 0 radical (unpaired) electrons. The van der Waals surface area contributed by atoms with Gasteiger partial charge in [-0.3, -0.25) is 14.5 Å². The fraction of sp³-hybridized carbons (Fsp3) is 0.312. The molecule has 0 saturated carbocycles. The maximum atomic E-state index is 12.1. The summed E-state index contributed by atoms with van der Waals surface area (Å²) >= 11 is 5.89. The summed E-state index contributed by atoms with van der Waals surface area (Å²) in [5, 5.41) is 7.23. The Labute approximate surface area is 139 Å². The molecule has 7 heteroatoms. The van der Waals surface area contributed by atoms with Gasteiger partial charge in [0, 0.05) is 36.7 Å². The highest BCUT2D eigenvalue weighted by molar-refractivity contribution is 6.30. The summed E-state index contributed by atoms with van der Waals surface area (Å²) < 4.78 is 4.97. The van der Waals surface area contributed by atoms with Gasteiger partial charge in [-0.2, -0.15) is 0 Å². The van der Waals surface area contributed by atoms with Crippen LogP contribution in [0.1, 0.15) is 24.7 Å². The molecule has 1 aromatic heterocycles. The number of amides is 2. The number of hydrogen-bond acceptors (Lipinski definition) is 4. The van der Waals surface area contributed by atoms with Gasteiger partial charge in [0.1, 0.15) is 5.76 Å². The van der Waals surface area contributed by atoms with E-state index in [4.69, 9.17) is 16.1 Å². The molecule has 0 saturated heterocycles. The normalized spacial score (nSPS) is 10.4. The summed E-state index contributed by atoms with van der Waals surface area (Å²) in [6.07, 6.45) is 0.146. The van der Waals surface area contributed by atoms with Crippen LogP contribution in [-0.4, -0.2) is 23.5 Å². The molecule has 1 N–H and O–H groups in total. The largest absolute Gasteiger partial charge is 0.360 e. The van der Waals surface area contributed by atoms with Crippen molar-refractivity contribution >= 4 is 34.9 Å². The van der Waals surface area contributed by atoms with E-state index in [0.29, 0.717) is 22.3 Å². The van der Waals surface area contributed by atoms with Crippen LogP contribution in [0.4, 0.5) is 11.5 Å². The SMILES string of the molecule is CC(=O)N(CCC(=O)Nc1ccc(Cl)cc1C)c1cc(C)on1. The number of aromatic nitrogens is 1. The maximum absolute atomic E-state index is 12.1. The lowest BCUT2D eigenvalue weighted by atomic mass is 10.2. The monoisotopic (exact) mass is 335 g/mol. The molecule has 0 unspecified atom stereocenters. The molecule has 0 spiro atoms. The van der Waals surface area contributed by atoms with E-state index in [-0.39, 0.29) is 24.8 Å². The van der Waals surface area contributed by atoms with Gasteiger partial charge < -0.3 is 9.84 Å². The van der Waals surface area contributed by atoms with Crippen molar-refractivity contribution in [2.45, 2.75) is 27.2 Å². The van der Waals surface area contributed by atoms with Gasteiger partial charge in [-0.05, 0) is 37.6 Å². The van der Waals surface area contributed by atoms with E-state index in [0.717, 1.165) is 5.56 Å². The van der Waals surface area contributed by atoms with Crippen LogP contribution in [0.25, 0.3) is 0 Å². The minimum Gasteiger partial charge on any atom is -0.360 e. The standard InChI is InChI=1S/C16H18ClN3O3/c1-10-8-13(17)4-5-14(10)18-16(22)6-7-20(12(3)21)15-9-11(2)23-19-15/h4-5,8-9H,6-7H2,1-3H3,(H,18,22). The van der Waals surface area contributed by atoms with Crippen molar-refractivity contribution in [3.63, 3.8) is 0 Å². The topological polar surface area (TPSA) is 75.4 Å². The number of halogens is 1. The molecule has 2 aromatic rings. The van der Waals surface area contributed by atoms with Gasteiger partial charge in [0.2, 0.25) is 11.8 Å². The summed E-state index contributed by atoms with van der Waals surface area (Å²) in [5.41, 5.74) is 1.58. The van der Waals surface area contributed by atoms with E-state index >= 15 is 0 Å². The van der Waals surface area contributed by atoms with E-state index in [1.54, 1.807) is 31.2 Å². The molecule has 0 aliphatic heterocycles. The Morgan fingerprint density at radius 1 is 1.30 bits per heavy atom. The molecule has 2 amide bonds. The number of anilines is 2. The summed E-state index contributed by atoms with van der Waals surface area (Å²) in [4.78, 5) is 25.2. The second-order valence-corrected chi connectivity index (χ2v) is 5.66. The zero-order valence-corrected chi connectivity index (χ0v) is 14.0. The zero-order valence-electron chi connectivity index (χ0n) is 13.2. The molecule has 2 rings (SSSR count). The number of carbonyl (C=O) groups excluding carboxylic acids is 2. The van der Waals surface area contributed by atoms with E-state index < -0.39 is 0 Å². The molecule has 122 valence electrons. The van der Waals surface area contributed by atoms with Gasteiger partial charge in [-0.25, -0.2) is 0 Å². The van der Waals surface area contributed by atoms with Gasteiger partial charge >= 0.3 is 0 Å². The highest BCUT2D eigenvalue weighted by Crippen LogP contribution is 2.20. The number of hydrogen-bond donors (Lipinski definition) is 1. The molecule has 0 bridgehead atoms. The Balaban J connectivity index is 1.98. The van der Waals surface area contributed by atoms with E-state index in [1.807, 2.05) is 6.92 Å². The third kappa shape index (κ3) is 4.56. The van der Waals surface area contributed by atoms with Crippen LogP contribution in [-0.2, 0) is 9.59 Å². The van der Waals surface area contributed by atoms with Crippen LogP contribution < -0.4 is 10.2 Å². The molecule has 0 aliphatic rings. The van der Waals surface area contributed by atoms with Crippen LogP contribution in [0.5, 0.6) is 0 Å². The molecular weight excluding hydrogens is 318 g/mol. The Hall–Kier alpha value is -2.34. The molecule has 0 fully saturated rings. The Morgan fingerprint density at radius 3 is 2.61 bits per heavy atom. The lowest BCUT2D eigenvalue weighted by molar-refractivity contribution is -0.117. The van der Waals surface area contributed by atoms with Gasteiger partial charge in [-0.15, -0.1) is 0 Å². The number of nitrogens with zero attached hydrogens (tertiary/aromatic N) is 2. The van der Waals surface area contributed by atoms with Crippen LogP contribution in [0, 0.1) is 13.8 Å². The van der Waals surface area contributed by atoms with E-state index in [2.05, 4.69) is 10.5 Å². The first-order chi connectivity index (χ1) is 10.9. The van der Waals surface area contributed by atoms with Crippen molar-refractivity contribution in [3.8, 4) is 0 Å². The highest BCUT2D eigenvalue weighted by atomic mass is 35.5. The molecule has 0 atom stereocenters. The van der Waals surface area contributed by atoms with Crippen molar-refractivity contribution in [2.75, 3.05) is 16.8 Å². The maximum Gasteiger partial charge on any atom is 0.226 e. The van der Waals surface area contributed by atoms with Crippen molar-refractivity contribution in [2.24, 2.45) is 0 Å². The first-order valence-corrected chi connectivity index (χ1v) is 7.52. The quantitative estimate of drug-likeness (QED) is 0.909. The number of nitrogens with one attached hydrogen (secondary N) is 1. The Kier molecular flexibility index (Phi) is 5.39. The van der Waals surface area contributed by atoms with Crippen molar-refractivity contribution in [3.05, 3.63) is 40.6 Å². The number of carbonyl (C=O) groups is 2. The summed E-state index contributed by atoms with van der Waals surface area (Å²) in [6, 6.07) is 6.89.